The maximum atomic E-state index is 12.3. The van der Waals surface area contributed by atoms with Crippen molar-refractivity contribution in [2.24, 2.45) is 12.1 Å². The van der Waals surface area contributed by atoms with Crippen molar-refractivity contribution in [2.75, 3.05) is 5.43 Å². The molecule has 0 unspecified atom stereocenters. The largest absolute Gasteiger partial charge is 0.329 e. The first-order valence-corrected chi connectivity index (χ1v) is 8.65. The van der Waals surface area contributed by atoms with Crippen molar-refractivity contribution in [2.45, 2.75) is 32.7 Å². The molecule has 0 spiro atoms. The summed E-state index contributed by atoms with van der Waals surface area (Å²) in [7, 11) is 1.58. The highest BCUT2D eigenvalue weighted by atomic mass is 16.2. The van der Waals surface area contributed by atoms with Gasteiger partial charge < -0.3 is 4.57 Å². The summed E-state index contributed by atoms with van der Waals surface area (Å²) in [5, 5.41) is 4.22. The van der Waals surface area contributed by atoms with E-state index in [0.29, 0.717) is 23.7 Å². The van der Waals surface area contributed by atoms with Gasteiger partial charge in [0, 0.05) is 13.6 Å². The predicted molar refractivity (Wildman–Crippen MR) is 103 cm³/mol. The van der Waals surface area contributed by atoms with Crippen LogP contribution in [0.25, 0.3) is 11.2 Å². The lowest BCUT2D eigenvalue weighted by atomic mass is 10.2. The highest BCUT2D eigenvalue weighted by Gasteiger charge is 2.16. The highest BCUT2D eigenvalue weighted by Crippen LogP contribution is 2.16. The number of imidazole rings is 1. The van der Waals surface area contributed by atoms with Crippen LogP contribution in [0.3, 0.4) is 0 Å². The minimum absolute atomic E-state index is 0.340. The van der Waals surface area contributed by atoms with Crippen LogP contribution in [-0.2, 0) is 13.6 Å². The number of aryl methyl sites for hydroxylation is 2. The van der Waals surface area contributed by atoms with Gasteiger partial charge in [-0.25, -0.2) is 10.2 Å². The van der Waals surface area contributed by atoms with Gasteiger partial charge >= 0.3 is 5.69 Å². The second-order valence-corrected chi connectivity index (χ2v) is 6.07. The zero-order valence-corrected chi connectivity index (χ0v) is 14.9. The molecule has 0 radical (unpaired) electrons. The van der Waals surface area contributed by atoms with E-state index >= 15 is 0 Å². The Morgan fingerprint density at radius 3 is 2.73 bits per heavy atom. The maximum absolute atomic E-state index is 12.3. The quantitative estimate of drug-likeness (QED) is 0.385. The van der Waals surface area contributed by atoms with E-state index in [-0.39, 0.29) is 0 Å². The molecule has 0 aliphatic rings. The molecular weight excluding hydrogens is 332 g/mol. The third-order valence-corrected chi connectivity index (χ3v) is 4.17. The summed E-state index contributed by atoms with van der Waals surface area (Å²) >= 11 is 0. The van der Waals surface area contributed by atoms with Crippen molar-refractivity contribution < 1.29 is 0 Å². The summed E-state index contributed by atoms with van der Waals surface area (Å²) in [4.78, 5) is 30.9. The summed E-state index contributed by atoms with van der Waals surface area (Å²) in [6.07, 6.45) is 4.69. The van der Waals surface area contributed by atoms with E-state index in [1.165, 1.54) is 4.57 Å². The lowest BCUT2D eigenvalue weighted by Crippen LogP contribution is -2.29. The Bertz CT molecular complexity index is 1030. The van der Waals surface area contributed by atoms with Gasteiger partial charge in [-0.05, 0) is 12.0 Å². The molecule has 3 aromatic rings. The number of aromatic nitrogens is 4. The summed E-state index contributed by atoms with van der Waals surface area (Å²) < 4.78 is 3.12. The van der Waals surface area contributed by atoms with Crippen LogP contribution in [0.2, 0.25) is 0 Å². The monoisotopic (exact) mass is 354 g/mol. The van der Waals surface area contributed by atoms with E-state index in [1.54, 1.807) is 17.8 Å². The molecule has 1 aromatic carbocycles. The molecule has 0 fully saturated rings. The normalized spacial score (nSPS) is 11.5. The number of nitrogens with one attached hydrogen (secondary N) is 2. The molecule has 26 heavy (non-hydrogen) atoms. The number of benzene rings is 1. The fourth-order valence-corrected chi connectivity index (χ4v) is 2.76. The van der Waals surface area contributed by atoms with Crippen molar-refractivity contribution in [3.05, 3.63) is 56.7 Å². The fraction of sp³-hybridized carbons (Fsp3) is 0.333. The second-order valence-electron chi connectivity index (χ2n) is 6.07. The first kappa shape index (κ1) is 17.7. The van der Waals surface area contributed by atoms with Crippen molar-refractivity contribution in [3.8, 4) is 0 Å². The molecule has 136 valence electrons. The molecule has 0 saturated heterocycles. The minimum atomic E-state index is -0.486. The number of hydrogen-bond donors (Lipinski definition) is 2. The van der Waals surface area contributed by atoms with E-state index in [0.717, 1.165) is 24.8 Å². The molecular formula is C18H22N6O2. The summed E-state index contributed by atoms with van der Waals surface area (Å²) in [5.74, 6) is 0.440. The Labute approximate surface area is 150 Å². The predicted octanol–water partition coefficient (Wildman–Crippen LogP) is 2.06. The molecule has 2 heterocycles. The van der Waals surface area contributed by atoms with Gasteiger partial charge in [0.2, 0.25) is 5.95 Å². The lowest BCUT2D eigenvalue weighted by Gasteiger charge is -2.07. The number of hydrazone groups is 1. The lowest BCUT2D eigenvalue weighted by molar-refractivity contribution is 0.615. The molecule has 0 aliphatic carbocycles. The number of unbranched alkanes of at least 4 members (excludes halogenated alkanes) is 2. The average Bonchev–Trinajstić information content (AvgIpc) is 3.00. The molecule has 0 amide bonds. The van der Waals surface area contributed by atoms with Crippen molar-refractivity contribution in [1.82, 2.24) is 19.1 Å². The molecule has 0 saturated carbocycles. The van der Waals surface area contributed by atoms with Gasteiger partial charge in [0.25, 0.3) is 5.56 Å². The van der Waals surface area contributed by atoms with E-state index in [2.05, 4.69) is 27.4 Å². The highest BCUT2D eigenvalue weighted by molar-refractivity contribution is 5.80. The number of anilines is 1. The van der Waals surface area contributed by atoms with E-state index in [9.17, 15) is 9.59 Å². The number of nitrogens with zero attached hydrogens (tertiary/aromatic N) is 4. The first-order chi connectivity index (χ1) is 12.6. The minimum Gasteiger partial charge on any atom is -0.303 e. The van der Waals surface area contributed by atoms with Crippen molar-refractivity contribution >= 4 is 23.3 Å². The number of H-pyrrole nitrogens is 1. The molecule has 2 aromatic heterocycles. The smallest absolute Gasteiger partial charge is 0.303 e. The van der Waals surface area contributed by atoms with Gasteiger partial charge in [0.05, 0.1) is 6.21 Å². The molecule has 0 atom stereocenters. The number of fused-ring (bicyclic) bond motifs is 1. The van der Waals surface area contributed by atoms with Gasteiger partial charge in [0.1, 0.15) is 0 Å². The molecule has 3 rings (SSSR count). The van der Waals surface area contributed by atoms with Crippen molar-refractivity contribution in [3.63, 3.8) is 0 Å². The zero-order chi connectivity index (χ0) is 18.5. The van der Waals surface area contributed by atoms with Gasteiger partial charge in [-0.3, -0.25) is 14.3 Å². The van der Waals surface area contributed by atoms with Crippen LogP contribution in [-0.4, -0.2) is 25.3 Å². The Morgan fingerprint density at radius 1 is 1.23 bits per heavy atom. The van der Waals surface area contributed by atoms with Crippen LogP contribution in [0.1, 0.15) is 31.7 Å². The Balaban J connectivity index is 1.99. The topological polar surface area (TPSA) is 97.1 Å². The number of hydrogen-bond acceptors (Lipinski definition) is 5. The van der Waals surface area contributed by atoms with Crippen LogP contribution in [0.5, 0.6) is 0 Å². The molecule has 2 N–H and O–H groups in total. The Hall–Kier alpha value is -3.16. The van der Waals surface area contributed by atoms with Crippen LogP contribution < -0.4 is 16.7 Å². The molecule has 0 bridgehead atoms. The van der Waals surface area contributed by atoms with Crippen LogP contribution in [0, 0.1) is 0 Å². The third kappa shape index (κ3) is 3.58. The van der Waals surface area contributed by atoms with E-state index in [1.807, 2.05) is 30.3 Å². The van der Waals surface area contributed by atoms with E-state index < -0.39 is 11.2 Å². The zero-order valence-electron chi connectivity index (χ0n) is 14.9. The molecule has 8 heteroatoms. The number of aromatic amines is 1. The number of rotatable bonds is 7. The van der Waals surface area contributed by atoms with Crippen LogP contribution in [0.15, 0.2) is 45.0 Å². The first-order valence-electron chi connectivity index (χ1n) is 8.65. The third-order valence-electron chi connectivity index (χ3n) is 4.17. The van der Waals surface area contributed by atoms with Gasteiger partial charge in [-0.1, -0.05) is 50.1 Å². The van der Waals surface area contributed by atoms with Gasteiger partial charge in [-0.15, -0.1) is 0 Å². The summed E-state index contributed by atoms with van der Waals surface area (Å²) in [5.41, 5.74) is 3.64. The molecule has 0 aliphatic heterocycles. The van der Waals surface area contributed by atoms with Crippen LogP contribution >= 0.6 is 0 Å². The van der Waals surface area contributed by atoms with E-state index in [4.69, 9.17) is 0 Å². The van der Waals surface area contributed by atoms with Gasteiger partial charge in [-0.2, -0.15) is 10.1 Å². The Morgan fingerprint density at radius 2 is 2.00 bits per heavy atom. The average molecular weight is 354 g/mol. The van der Waals surface area contributed by atoms with Crippen LogP contribution in [0.4, 0.5) is 5.95 Å². The fourth-order valence-electron chi connectivity index (χ4n) is 2.76. The standard InChI is InChI=1S/C18H22N6O2/c1-3-4-8-11-24-14-15(23(2)18(26)21-16(14)25)20-17(24)22-19-12-13-9-6-5-7-10-13/h5-7,9-10,12H,3-4,8,11H2,1-2H3,(H,20,22)(H,21,25,26)/b19-12-. The van der Waals surface area contributed by atoms with Gasteiger partial charge in [0.15, 0.2) is 11.2 Å². The van der Waals surface area contributed by atoms with Crippen molar-refractivity contribution in [1.29, 1.82) is 0 Å². The molecule has 8 nitrogen and oxygen atoms in total. The maximum Gasteiger partial charge on any atom is 0.329 e. The SMILES string of the molecule is CCCCCn1c(N/N=C\c2ccccc2)nc2c1c(=O)[nH]c(=O)n2C. The second kappa shape index (κ2) is 7.81. The summed E-state index contributed by atoms with van der Waals surface area (Å²) in [6.45, 7) is 2.74. The Kier molecular flexibility index (Phi) is 5.31. The summed E-state index contributed by atoms with van der Waals surface area (Å²) in [6, 6.07) is 9.66.